The van der Waals surface area contributed by atoms with E-state index in [0.29, 0.717) is 17.2 Å². The first-order valence-electron chi connectivity index (χ1n) is 10.2. The molecule has 1 aliphatic carbocycles. The van der Waals surface area contributed by atoms with Gasteiger partial charge in [-0.15, -0.1) is 19.8 Å². The molecule has 0 aliphatic heterocycles. The molecule has 0 unspecified atom stereocenters. The van der Waals surface area contributed by atoms with Gasteiger partial charge in [-0.3, -0.25) is 0 Å². The zero-order chi connectivity index (χ0) is 22.2. The maximum absolute atomic E-state index is 15.2. The summed E-state index contributed by atoms with van der Waals surface area (Å²) in [4.78, 5) is 0. The van der Waals surface area contributed by atoms with Crippen LogP contribution in [0.15, 0.2) is 61.2 Å². The molecule has 0 spiro atoms. The Bertz CT molecular complexity index is 1110. The standard InChI is InChI=1S/C25H21F5O/c1-2-15-3-5-16(6-4-15)17-7-10-20-18(13-17)8-11-21(24(20)27)19-9-12-23(22(26)14-19)31-25(28,29)30/h2,7-16H,1,3-6H2. The zero-order valence-corrected chi connectivity index (χ0v) is 16.7. The van der Waals surface area contributed by atoms with Crippen LogP contribution in [0, 0.1) is 17.6 Å². The van der Waals surface area contributed by atoms with Gasteiger partial charge in [0.2, 0.25) is 0 Å². The molecular weight excluding hydrogens is 411 g/mol. The molecule has 162 valence electrons. The van der Waals surface area contributed by atoms with Crippen molar-refractivity contribution in [1.29, 1.82) is 0 Å². The van der Waals surface area contributed by atoms with E-state index in [2.05, 4.69) is 11.3 Å². The van der Waals surface area contributed by atoms with Crippen LogP contribution in [-0.2, 0) is 0 Å². The van der Waals surface area contributed by atoms with Crippen molar-refractivity contribution in [1.82, 2.24) is 0 Å². The summed E-state index contributed by atoms with van der Waals surface area (Å²) >= 11 is 0. The highest BCUT2D eigenvalue weighted by molar-refractivity contribution is 5.89. The number of ether oxygens (including phenoxy) is 1. The monoisotopic (exact) mass is 432 g/mol. The van der Waals surface area contributed by atoms with Gasteiger partial charge in [0.25, 0.3) is 0 Å². The van der Waals surface area contributed by atoms with E-state index in [9.17, 15) is 17.6 Å². The van der Waals surface area contributed by atoms with Crippen molar-refractivity contribution >= 4 is 10.8 Å². The van der Waals surface area contributed by atoms with Crippen LogP contribution >= 0.6 is 0 Å². The fourth-order valence-corrected chi connectivity index (χ4v) is 4.35. The van der Waals surface area contributed by atoms with Crippen molar-refractivity contribution < 1.29 is 26.7 Å². The molecule has 3 aromatic rings. The molecule has 0 atom stereocenters. The predicted molar refractivity (Wildman–Crippen MR) is 111 cm³/mol. The molecule has 0 radical (unpaired) electrons. The highest BCUT2D eigenvalue weighted by atomic mass is 19.4. The van der Waals surface area contributed by atoms with Crippen LogP contribution in [0.25, 0.3) is 21.9 Å². The van der Waals surface area contributed by atoms with E-state index in [0.717, 1.165) is 43.2 Å². The van der Waals surface area contributed by atoms with Gasteiger partial charge in [-0.25, -0.2) is 8.78 Å². The Morgan fingerprint density at radius 3 is 2.29 bits per heavy atom. The summed E-state index contributed by atoms with van der Waals surface area (Å²) in [7, 11) is 0. The van der Waals surface area contributed by atoms with Crippen molar-refractivity contribution in [3.05, 3.63) is 78.4 Å². The molecule has 1 saturated carbocycles. The summed E-state index contributed by atoms with van der Waals surface area (Å²) in [5.74, 6) is -1.71. The highest BCUT2D eigenvalue weighted by Crippen LogP contribution is 2.38. The van der Waals surface area contributed by atoms with E-state index >= 15 is 4.39 Å². The van der Waals surface area contributed by atoms with Gasteiger partial charge >= 0.3 is 6.36 Å². The summed E-state index contributed by atoms with van der Waals surface area (Å²) in [6, 6.07) is 11.8. The minimum absolute atomic E-state index is 0.115. The Hall–Kier alpha value is -2.89. The van der Waals surface area contributed by atoms with E-state index < -0.39 is 23.7 Å². The number of hydrogen-bond donors (Lipinski definition) is 0. The summed E-state index contributed by atoms with van der Waals surface area (Å²) < 4.78 is 69.9. The average molecular weight is 432 g/mol. The fourth-order valence-electron chi connectivity index (χ4n) is 4.35. The van der Waals surface area contributed by atoms with Gasteiger partial charge in [-0.1, -0.05) is 42.5 Å². The van der Waals surface area contributed by atoms with Gasteiger partial charge < -0.3 is 4.74 Å². The molecule has 0 heterocycles. The summed E-state index contributed by atoms with van der Waals surface area (Å²) in [5, 5.41) is 1.12. The topological polar surface area (TPSA) is 9.23 Å². The van der Waals surface area contributed by atoms with Crippen LogP contribution in [-0.4, -0.2) is 6.36 Å². The number of alkyl halides is 3. The normalized spacial score (nSPS) is 19.4. The number of fused-ring (bicyclic) bond motifs is 1. The Labute approximate surface area is 177 Å². The lowest BCUT2D eigenvalue weighted by molar-refractivity contribution is -0.275. The van der Waals surface area contributed by atoms with Crippen molar-refractivity contribution in [3.63, 3.8) is 0 Å². The first-order valence-corrected chi connectivity index (χ1v) is 10.2. The Morgan fingerprint density at radius 2 is 1.65 bits per heavy atom. The van der Waals surface area contributed by atoms with E-state index in [4.69, 9.17) is 0 Å². The van der Waals surface area contributed by atoms with E-state index in [1.807, 2.05) is 18.2 Å². The van der Waals surface area contributed by atoms with Crippen LogP contribution in [0.5, 0.6) is 5.75 Å². The number of allylic oxidation sites excluding steroid dienone is 1. The summed E-state index contributed by atoms with van der Waals surface area (Å²) in [6.45, 7) is 3.87. The van der Waals surface area contributed by atoms with Crippen molar-refractivity contribution in [2.24, 2.45) is 5.92 Å². The lowest BCUT2D eigenvalue weighted by atomic mass is 9.78. The van der Waals surface area contributed by atoms with Crippen LogP contribution in [0.1, 0.15) is 37.2 Å². The zero-order valence-electron chi connectivity index (χ0n) is 16.7. The lowest BCUT2D eigenvalue weighted by Crippen LogP contribution is -2.17. The van der Waals surface area contributed by atoms with Gasteiger partial charge in [-0.05, 0) is 66.2 Å². The molecule has 1 nitrogen and oxygen atoms in total. The number of hydrogen-bond acceptors (Lipinski definition) is 1. The quantitative estimate of drug-likeness (QED) is 0.299. The summed E-state index contributed by atoms with van der Waals surface area (Å²) in [5.41, 5.74) is 1.42. The molecule has 4 rings (SSSR count). The van der Waals surface area contributed by atoms with Crippen LogP contribution in [0.4, 0.5) is 22.0 Å². The van der Waals surface area contributed by atoms with Gasteiger partial charge in [0.05, 0.1) is 0 Å². The fraction of sp³-hybridized carbons (Fsp3) is 0.280. The molecule has 0 N–H and O–H groups in total. The lowest BCUT2D eigenvalue weighted by Gasteiger charge is -2.27. The first-order chi connectivity index (χ1) is 14.7. The molecular formula is C25H21F5O. The van der Waals surface area contributed by atoms with Crippen LogP contribution < -0.4 is 4.74 Å². The molecule has 0 amide bonds. The van der Waals surface area contributed by atoms with Gasteiger partial charge in [-0.2, -0.15) is 0 Å². The minimum Gasteiger partial charge on any atom is -0.403 e. The van der Waals surface area contributed by atoms with Gasteiger partial charge in [0.1, 0.15) is 5.82 Å². The van der Waals surface area contributed by atoms with Crippen LogP contribution in [0.2, 0.25) is 0 Å². The first kappa shape index (κ1) is 21.3. The molecule has 31 heavy (non-hydrogen) atoms. The molecule has 3 aromatic carbocycles. The third-order valence-corrected chi connectivity index (χ3v) is 6.02. The highest BCUT2D eigenvalue weighted by Gasteiger charge is 2.32. The Morgan fingerprint density at radius 1 is 0.903 bits per heavy atom. The third-order valence-electron chi connectivity index (χ3n) is 6.02. The molecule has 0 saturated heterocycles. The van der Waals surface area contributed by atoms with Crippen molar-refractivity contribution in [3.8, 4) is 16.9 Å². The Balaban J connectivity index is 1.63. The maximum Gasteiger partial charge on any atom is 0.573 e. The van der Waals surface area contributed by atoms with E-state index in [1.165, 1.54) is 17.7 Å². The SMILES string of the molecule is C=CC1CCC(c2ccc3c(F)c(-c4ccc(OC(F)(F)F)c(F)c4)ccc3c2)CC1. The predicted octanol–water partition coefficient (Wildman–Crippen LogP) is 8.14. The van der Waals surface area contributed by atoms with E-state index in [1.54, 1.807) is 12.1 Å². The molecule has 0 bridgehead atoms. The largest absolute Gasteiger partial charge is 0.573 e. The smallest absolute Gasteiger partial charge is 0.403 e. The number of rotatable bonds is 4. The van der Waals surface area contributed by atoms with Crippen molar-refractivity contribution in [2.75, 3.05) is 0 Å². The Kier molecular flexibility index (Phi) is 5.73. The van der Waals surface area contributed by atoms with Gasteiger partial charge in [0, 0.05) is 10.9 Å². The van der Waals surface area contributed by atoms with Crippen LogP contribution in [0.3, 0.4) is 0 Å². The van der Waals surface area contributed by atoms with Crippen molar-refractivity contribution in [2.45, 2.75) is 38.0 Å². The molecule has 1 aliphatic rings. The number of benzene rings is 3. The summed E-state index contributed by atoms with van der Waals surface area (Å²) in [6.07, 6.45) is 1.33. The van der Waals surface area contributed by atoms with E-state index in [-0.39, 0.29) is 11.1 Å². The second kappa shape index (κ2) is 8.33. The number of halogens is 5. The average Bonchev–Trinajstić information content (AvgIpc) is 2.74. The maximum atomic E-state index is 15.2. The third kappa shape index (κ3) is 4.58. The van der Waals surface area contributed by atoms with Gasteiger partial charge in [0.15, 0.2) is 11.6 Å². The molecule has 0 aromatic heterocycles. The minimum atomic E-state index is -5.00. The second-order valence-corrected chi connectivity index (χ2v) is 7.95. The second-order valence-electron chi connectivity index (χ2n) is 7.95. The molecule has 6 heteroatoms. The molecule has 1 fully saturated rings.